The van der Waals surface area contributed by atoms with Gasteiger partial charge in [-0.25, -0.2) is 0 Å². The average molecular weight is 317 g/mol. The van der Waals surface area contributed by atoms with Gasteiger partial charge >= 0.3 is 0 Å². The van der Waals surface area contributed by atoms with E-state index in [-0.39, 0.29) is 0 Å². The van der Waals surface area contributed by atoms with Gasteiger partial charge in [-0.2, -0.15) is 0 Å². The zero-order valence-corrected chi connectivity index (χ0v) is 13.9. The van der Waals surface area contributed by atoms with Crippen molar-refractivity contribution in [2.45, 2.75) is 6.92 Å². The number of aromatic nitrogens is 1. The first-order valence-corrected chi connectivity index (χ1v) is 8.66. The summed E-state index contributed by atoms with van der Waals surface area (Å²) >= 11 is 0. The van der Waals surface area contributed by atoms with Gasteiger partial charge in [-0.15, -0.1) is 0 Å². The molecule has 0 N–H and O–H groups in total. The second kappa shape index (κ2) is 4.46. The monoisotopic (exact) mass is 317 g/mol. The molecule has 0 unspecified atom stereocenters. The summed E-state index contributed by atoms with van der Waals surface area (Å²) in [5.41, 5.74) is 2.40. The van der Waals surface area contributed by atoms with Crippen LogP contribution in [-0.2, 0) is 0 Å². The van der Waals surface area contributed by atoms with Crippen LogP contribution < -0.4 is 0 Å². The molecule has 0 spiro atoms. The summed E-state index contributed by atoms with van der Waals surface area (Å²) in [6.07, 6.45) is 1.95. The van der Waals surface area contributed by atoms with Crippen molar-refractivity contribution in [2.75, 3.05) is 0 Å². The molecule has 0 amide bonds. The van der Waals surface area contributed by atoms with E-state index in [1.54, 1.807) is 0 Å². The van der Waals surface area contributed by atoms with E-state index in [4.69, 9.17) is 4.98 Å². The molecule has 6 aromatic rings. The molecule has 1 aromatic heterocycles. The first-order chi connectivity index (χ1) is 12.3. The minimum atomic E-state index is 1.11. The highest BCUT2D eigenvalue weighted by molar-refractivity contribution is 6.39. The molecule has 0 aliphatic rings. The lowest BCUT2D eigenvalue weighted by Crippen LogP contribution is -1.91. The molecule has 116 valence electrons. The minimum absolute atomic E-state index is 1.11. The molecule has 0 atom stereocenters. The third-order valence-corrected chi connectivity index (χ3v) is 5.49. The van der Waals surface area contributed by atoms with E-state index in [1.807, 2.05) is 6.20 Å². The quantitative estimate of drug-likeness (QED) is 0.227. The fourth-order valence-electron chi connectivity index (χ4n) is 4.45. The molecule has 0 radical (unpaired) electrons. The molecule has 1 heteroatoms. The molecule has 0 saturated carbocycles. The van der Waals surface area contributed by atoms with Crippen molar-refractivity contribution in [3.05, 3.63) is 78.5 Å². The van der Waals surface area contributed by atoms with Crippen molar-refractivity contribution < 1.29 is 0 Å². The molecular weight excluding hydrogens is 302 g/mol. The lowest BCUT2D eigenvalue weighted by atomic mass is 9.88. The highest BCUT2D eigenvalue weighted by atomic mass is 14.7. The van der Waals surface area contributed by atoms with Crippen LogP contribution in [0, 0.1) is 6.92 Å². The summed E-state index contributed by atoms with van der Waals surface area (Å²) in [6, 6.07) is 24.3. The summed E-state index contributed by atoms with van der Waals surface area (Å²) in [6.45, 7) is 2.16. The van der Waals surface area contributed by atoms with Gasteiger partial charge in [0.25, 0.3) is 0 Å². The molecule has 1 heterocycles. The Morgan fingerprint density at radius 3 is 2.04 bits per heavy atom. The normalized spacial score (nSPS) is 12.2. The zero-order chi connectivity index (χ0) is 16.5. The van der Waals surface area contributed by atoms with E-state index >= 15 is 0 Å². The summed E-state index contributed by atoms with van der Waals surface area (Å²) in [7, 11) is 0. The summed E-state index contributed by atoms with van der Waals surface area (Å²) in [5.74, 6) is 0. The predicted octanol–water partition coefficient (Wildman–Crippen LogP) is 6.59. The van der Waals surface area contributed by atoms with E-state index in [2.05, 4.69) is 73.7 Å². The van der Waals surface area contributed by atoms with Gasteiger partial charge in [0.1, 0.15) is 0 Å². The Hall–Kier alpha value is -3.19. The molecule has 0 bridgehead atoms. The maximum absolute atomic E-state index is 4.80. The fraction of sp³-hybridized carbons (Fsp3) is 0.0417. The van der Waals surface area contributed by atoms with Crippen LogP contribution >= 0.6 is 0 Å². The largest absolute Gasteiger partial charge is 0.256 e. The van der Waals surface area contributed by atoms with E-state index in [1.165, 1.54) is 54.0 Å². The van der Waals surface area contributed by atoms with Crippen LogP contribution in [-0.4, -0.2) is 4.98 Å². The molecule has 0 saturated heterocycles. The maximum atomic E-state index is 4.80. The van der Waals surface area contributed by atoms with Crippen LogP contribution in [0.5, 0.6) is 0 Å². The van der Waals surface area contributed by atoms with E-state index in [0.29, 0.717) is 0 Å². The van der Waals surface area contributed by atoms with Crippen LogP contribution in [0.1, 0.15) is 5.56 Å². The number of hydrogen-bond donors (Lipinski definition) is 0. The SMILES string of the molecule is Cc1ccc2c(c1)c1cccc3c4ccccc4c4ccnc2c4c31. The third-order valence-electron chi connectivity index (χ3n) is 5.49. The molecule has 0 aliphatic heterocycles. The van der Waals surface area contributed by atoms with Gasteiger partial charge in [-0.3, -0.25) is 4.98 Å². The Morgan fingerprint density at radius 2 is 1.24 bits per heavy atom. The Balaban J connectivity index is 2.12. The fourth-order valence-corrected chi connectivity index (χ4v) is 4.45. The second-order valence-electron chi connectivity index (χ2n) is 6.90. The molecule has 0 fully saturated rings. The molecule has 5 aromatic carbocycles. The van der Waals surface area contributed by atoms with Gasteiger partial charge in [0, 0.05) is 22.4 Å². The van der Waals surface area contributed by atoms with Crippen LogP contribution in [0.2, 0.25) is 0 Å². The number of benzene rings is 5. The van der Waals surface area contributed by atoms with E-state index in [0.717, 1.165) is 5.52 Å². The van der Waals surface area contributed by atoms with Crippen molar-refractivity contribution in [1.29, 1.82) is 0 Å². The Morgan fingerprint density at radius 1 is 0.560 bits per heavy atom. The number of pyridine rings is 1. The summed E-state index contributed by atoms with van der Waals surface area (Å²) in [5, 5.41) is 11.8. The Bertz CT molecular complexity index is 1440. The Labute approximate surface area is 144 Å². The predicted molar refractivity (Wildman–Crippen MR) is 108 cm³/mol. The standard InChI is InChI=1S/C24H15N/c1-14-9-10-20-21(13-14)18-8-4-7-17-15-5-2-3-6-16(15)19-11-12-25-24(20)23(19)22(17)18/h2-13H,1H3. The van der Waals surface area contributed by atoms with Gasteiger partial charge in [-0.1, -0.05) is 66.2 Å². The highest BCUT2D eigenvalue weighted by Crippen LogP contribution is 2.43. The first kappa shape index (κ1) is 13.1. The van der Waals surface area contributed by atoms with Crippen molar-refractivity contribution in [2.24, 2.45) is 0 Å². The van der Waals surface area contributed by atoms with E-state index < -0.39 is 0 Å². The number of rotatable bonds is 0. The Kier molecular flexibility index (Phi) is 2.34. The molecule has 25 heavy (non-hydrogen) atoms. The highest BCUT2D eigenvalue weighted by Gasteiger charge is 2.16. The zero-order valence-electron chi connectivity index (χ0n) is 13.9. The lowest BCUT2D eigenvalue weighted by molar-refractivity contribution is 1.44. The van der Waals surface area contributed by atoms with Crippen molar-refractivity contribution in [3.8, 4) is 0 Å². The van der Waals surface area contributed by atoms with Crippen LogP contribution in [0.4, 0.5) is 0 Å². The summed E-state index contributed by atoms with van der Waals surface area (Å²) < 4.78 is 0. The van der Waals surface area contributed by atoms with Gasteiger partial charge in [-0.05, 0) is 45.3 Å². The van der Waals surface area contributed by atoms with Gasteiger partial charge in [0.2, 0.25) is 0 Å². The van der Waals surface area contributed by atoms with Gasteiger partial charge in [0.15, 0.2) is 0 Å². The molecule has 6 rings (SSSR count). The number of nitrogens with zero attached hydrogens (tertiary/aromatic N) is 1. The molecule has 0 aliphatic carbocycles. The third kappa shape index (κ3) is 1.56. The second-order valence-corrected chi connectivity index (χ2v) is 6.90. The summed E-state index contributed by atoms with van der Waals surface area (Å²) in [4.78, 5) is 4.80. The lowest BCUT2D eigenvalue weighted by Gasteiger charge is -2.16. The van der Waals surface area contributed by atoms with Crippen LogP contribution in [0.3, 0.4) is 0 Å². The van der Waals surface area contributed by atoms with Gasteiger partial charge < -0.3 is 0 Å². The number of aryl methyl sites for hydroxylation is 1. The molecular formula is C24H15N. The number of hydrogen-bond acceptors (Lipinski definition) is 1. The van der Waals surface area contributed by atoms with Crippen molar-refractivity contribution in [1.82, 2.24) is 4.98 Å². The van der Waals surface area contributed by atoms with Crippen molar-refractivity contribution >= 4 is 54.0 Å². The van der Waals surface area contributed by atoms with Crippen molar-refractivity contribution in [3.63, 3.8) is 0 Å². The average Bonchev–Trinajstić information content (AvgIpc) is 2.67. The first-order valence-electron chi connectivity index (χ1n) is 8.66. The van der Waals surface area contributed by atoms with Crippen LogP contribution in [0.15, 0.2) is 72.9 Å². The minimum Gasteiger partial charge on any atom is -0.256 e. The van der Waals surface area contributed by atoms with E-state index in [9.17, 15) is 0 Å². The maximum Gasteiger partial charge on any atom is 0.0793 e. The smallest absolute Gasteiger partial charge is 0.0793 e. The number of fused-ring (bicyclic) bond motifs is 6. The molecule has 1 nitrogen and oxygen atoms in total. The van der Waals surface area contributed by atoms with Crippen LogP contribution in [0.25, 0.3) is 54.0 Å². The van der Waals surface area contributed by atoms with Gasteiger partial charge in [0.05, 0.1) is 5.52 Å². The topological polar surface area (TPSA) is 12.9 Å².